The molecule has 6 nitrogen and oxygen atoms in total. The summed E-state index contributed by atoms with van der Waals surface area (Å²) in [6.45, 7) is 1.15. The van der Waals surface area contributed by atoms with Crippen LogP contribution in [0.25, 0.3) is 0 Å². The van der Waals surface area contributed by atoms with E-state index in [0.717, 1.165) is 12.1 Å². The summed E-state index contributed by atoms with van der Waals surface area (Å²) in [5, 5.41) is 2.51. The van der Waals surface area contributed by atoms with Gasteiger partial charge < -0.3 is 14.2 Å². The number of halogens is 8. The summed E-state index contributed by atoms with van der Waals surface area (Å²) in [4.78, 5) is 11.3. The summed E-state index contributed by atoms with van der Waals surface area (Å²) in [5.74, 6) is -7.30. The van der Waals surface area contributed by atoms with Crippen molar-refractivity contribution >= 4 is 23.8 Å². The maximum Gasteiger partial charge on any atom is 0.462 e. The van der Waals surface area contributed by atoms with Crippen molar-refractivity contribution in [2.75, 3.05) is 20.3 Å². The average Bonchev–Trinajstić information content (AvgIpc) is 2.59. The number of esters is 1. The fraction of sp³-hybridized carbons (Fsp3) is 0.467. The zero-order valence-corrected chi connectivity index (χ0v) is 15.5. The van der Waals surface area contributed by atoms with Crippen molar-refractivity contribution in [2.45, 2.75) is 25.1 Å². The molecule has 0 radical (unpaired) electrons. The second-order valence-corrected chi connectivity index (χ2v) is 5.55. The summed E-state index contributed by atoms with van der Waals surface area (Å²) in [6, 6.07) is -3.56. The van der Waals surface area contributed by atoms with E-state index in [9.17, 15) is 35.5 Å². The third-order valence-electron chi connectivity index (χ3n) is 3.06. The molecule has 0 amide bonds. The van der Waals surface area contributed by atoms with Gasteiger partial charge in [-0.05, 0) is 24.6 Å². The highest BCUT2D eigenvalue weighted by Crippen LogP contribution is 2.45. The molecular formula is C15H14ClF7N2O4. The van der Waals surface area contributed by atoms with Gasteiger partial charge in [0, 0.05) is 0 Å². The number of hydrazone groups is 1. The van der Waals surface area contributed by atoms with Crippen LogP contribution in [0, 0.1) is 0 Å². The highest BCUT2D eigenvalue weighted by Gasteiger charge is 2.73. The number of hydrogen-bond donors (Lipinski definition) is 1. The van der Waals surface area contributed by atoms with Gasteiger partial charge in [0.1, 0.15) is 0 Å². The lowest BCUT2D eigenvalue weighted by molar-refractivity contribution is -0.361. The van der Waals surface area contributed by atoms with Gasteiger partial charge in [-0.2, -0.15) is 35.8 Å². The van der Waals surface area contributed by atoms with Crippen LogP contribution in [0.15, 0.2) is 17.2 Å². The number of carbonyl (C=O) groups is 1. The molecule has 0 bridgehead atoms. The monoisotopic (exact) mass is 454 g/mol. The lowest BCUT2D eigenvalue weighted by Gasteiger charge is -2.27. The van der Waals surface area contributed by atoms with Crippen LogP contribution >= 0.6 is 11.6 Å². The largest absolute Gasteiger partial charge is 0.493 e. The molecule has 0 atom stereocenters. The molecule has 14 heteroatoms. The van der Waals surface area contributed by atoms with Gasteiger partial charge in [-0.3, -0.25) is 0 Å². The molecule has 1 aromatic carbocycles. The van der Waals surface area contributed by atoms with Gasteiger partial charge in [0.05, 0.1) is 25.0 Å². The highest BCUT2D eigenvalue weighted by molar-refractivity contribution is 6.32. The van der Waals surface area contributed by atoms with Crippen LogP contribution in [0.1, 0.15) is 12.5 Å². The van der Waals surface area contributed by atoms with Crippen molar-refractivity contribution in [3.63, 3.8) is 0 Å². The van der Waals surface area contributed by atoms with Crippen LogP contribution in [0.4, 0.5) is 30.7 Å². The van der Waals surface area contributed by atoms with Crippen LogP contribution in [0.5, 0.6) is 11.5 Å². The Kier molecular flexibility index (Phi) is 7.95. The Morgan fingerprint density at radius 3 is 2.34 bits per heavy atom. The number of nitrogens with zero attached hydrogens (tertiary/aromatic N) is 1. The van der Waals surface area contributed by atoms with Gasteiger partial charge in [0.2, 0.25) is 0 Å². The number of methoxy groups -OCH3 is 1. The predicted octanol–water partition coefficient (Wildman–Crippen LogP) is 4.00. The van der Waals surface area contributed by atoms with Crippen molar-refractivity contribution < 1.29 is 49.7 Å². The minimum absolute atomic E-state index is 0.101. The van der Waals surface area contributed by atoms with Crippen LogP contribution < -0.4 is 14.9 Å². The Labute approximate surface area is 164 Å². The molecule has 1 aromatic rings. The first kappa shape index (κ1) is 24.6. The van der Waals surface area contributed by atoms with E-state index < -0.39 is 30.7 Å². The Balaban J connectivity index is 2.98. The molecule has 0 saturated heterocycles. The smallest absolute Gasteiger partial charge is 0.462 e. The van der Waals surface area contributed by atoms with E-state index in [4.69, 9.17) is 21.1 Å². The first-order chi connectivity index (χ1) is 13.3. The van der Waals surface area contributed by atoms with Gasteiger partial charge in [-0.15, -0.1) is 0 Å². The van der Waals surface area contributed by atoms with Crippen molar-refractivity contribution in [1.29, 1.82) is 0 Å². The standard InChI is InChI=1S/C15H14ClF7N2O4/c1-3-28-11(26)7-29-12-9(16)4-8(5-10(12)27-2)6-24-25-15(22,23)13(17,18)14(19,20)21/h4-6,25H,3,7H2,1-2H3/b24-6+. The third-order valence-corrected chi connectivity index (χ3v) is 3.34. The summed E-state index contributed by atoms with van der Waals surface area (Å²) >= 11 is 5.92. The maximum atomic E-state index is 13.1. The summed E-state index contributed by atoms with van der Waals surface area (Å²) < 4.78 is 103. The third kappa shape index (κ3) is 6.02. The molecule has 0 heterocycles. The van der Waals surface area contributed by atoms with Crippen LogP contribution in [0.3, 0.4) is 0 Å². The molecule has 0 aliphatic carbocycles. The van der Waals surface area contributed by atoms with E-state index in [-0.39, 0.29) is 28.7 Å². The fourth-order valence-corrected chi connectivity index (χ4v) is 2.00. The number of ether oxygens (including phenoxy) is 3. The second-order valence-electron chi connectivity index (χ2n) is 5.14. The van der Waals surface area contributed by atoms with Gasteiger partial charge >= 0.3 is 24.1 Å². The number of benzene rings is 1. The van der Waals surface area contributed by atoms with E-state index >= 15 is 0 Å². The highest BCUT2D eigenvalue weighted by atomic mass is 35.5. The summed E-state index contributed by atoms with van der Waals surface area (Å²) in [5.41, 5.74) is 0.353. The van der Waals surface area contributed by atoms with E-state index in [2.05, 4.69) is 9.84 Å². The van der Waals surface area contributed by atoms with Crippen molar-refractivity contribution in [1.82, 2.24) is 5.43 Å². The number of alkyl halides is 7. The molecule has 29 heavy (non-hydrogen) atoms. The van der Waals surface area contributed by atoms with Gasteiger partial charge in [-0.25, -0.2) is 10.2 Å². The fourth-order valence-electron chi connectivity index (χ4n) is 1.72. The molecule has 0 spiro atoms. The molecular weight excluding hydrogens is 441 g/mol. The lowest BCUT2D eigenvalue weighted by atomic mass is 10.2. The first-order valence-corrected chi connectivity index (χ1v) is 7.93. The first-order valence-electron chi connectivity index (χ1n) is 7.55. The van der Waals surface area contributed by atoms with Gasteiger partial charge in [-0.1, -0.05) is 11.6 Å². The predicted molar refractivity (Wildman–Crippen MR) is 86.8 cm³/mol. The molecule has 0 aliphatic heterocycles. The number of carbonyl (C=O) groups excluding carboxylic acids is 1. The summed E-state index contributed by atoms with van der Waals surface area (Å²) in [7, 11) is 1.17. The van der Waals surface area contributed by atoms with Crippen molar-refractivity contribution in [3.8, 4) is 11.5 Å². The zero-order valence-electron chi connectivity index (χ0n) is 14.8. The SMILES string of the molecule is CCOC(=O)COc1c(Cl)cc(/C=N/NC(F)(F)C(F)(F)C(F)(F)F)cc1OC. The topological polar surface area (TPSA) is 69.2 Å². The number of nitrogens with one attached hydrogen (secondary N) is 1. The van der Waals surface area contributed by atoms with Gasteiger partial charge in [0.25, 0.3) is 0 Å². The Morgan fingerprint density at radius 1 is 1.21 bits per heavy atom. The minimum atomic E-state index is -6.50. The van der Waals surface area contributed by atoms with Crippen LogP contribution in [-0.2, 0) is 9.53 Å². The Bertz CT molecular complexity index is 757. The molecule has 0 aliphatic rings. The molecule has 164 valence electrons. The minimum Gasteiger partial charge on any atom is -0.493 e. The molecule has 0 fully saturated rings. The maximum absolute atomic E-state index is 13.1. The lowest BCUT2D eigenvalue weighted by Crippen LogP contribution is -2.58. The molecule has 1 rings (SSSR count). The number of hydrogen-bond acceptors (Lipinski definition) is 6. The normalized spacial score (nSPS) is 12.8. The average molecular weight is 455 g/mol. The molecule has 0 unspecified atom stereocenters. The van der Waals surface area contributed by atoms with Crippen LogP contribution in [0.2, 0.25) is 5.02 Å². The number of rotatable bonds is 9. The second kappa shape index (κ2) is 9.37. The van der Waals surface area contributed by atoms with E-state index in [1.165, 1.54) is 7.11 Å². The van der Waals surface area contributed by atoms with Crippen molar-refractivity contribution in [2.24, 2.45) is 5.10 Å². The van der Waals surface area contributed by atoms with Gasteiger partial charge in [0.15, 0.2) is 18.1 Å². The Hall–Kier alpha value is -2.44. The zero-order chi connectivity index (χ0) is 22.5. The van der Waals surface area contributed by atoms with Crippen molar-refractivity contribution in [3.05, 3.63) is 22.7 Å². The summed E-state index contributed by atoms with van der Waals surface area (Å²) in [6.07, 6.45) is -5.99. The van der Waals surface area contributed by atoms with E-state index in [1.807, 2.05) is 0 Å². The van der Waals surface area contributed by atoms with Crippen LogP contribution in [-0.4, -0.2) is 50.7 Å². The van der Waals surface area contributed by atoms with E-state index in [0.29, 0.717) is 11.6 Å². The molecule has 0 saturated carbocycles. The Morgan fingerprint density at radius 2 is 1.83 bits per heavy atom. The van der Waals surface area contributed by atoms with E-state index in [1.54, 1.807) is 6.92 Å². The molecule has 0 aromatic heterocycles. The molecule has 1 N–H and O–H groups in total. The quantitative estimate of drug-likeness (QED) is 0.201.